The van der Waals surface area contributed by atoms with Crippen LogP contribution in [-0.4, -0.2) is 51.1 Å². The van der Waals surface area contributed by atoms with Gasteiger partial charge in [-0.1, -0.05) is 30.3 Å². The molecule has 2 aliphatic rings. The smallest absolute Gasteiger partial charge is 0.414 e. The van der Waals surface area contributed by atoms with E-state index in [1.54, 1.807) is 4.90 Å². The van der Waals surface area contributed by atoms with Crippen molar-refractivity contribution in [3.05, 3.63) is 59.4 Å². The van der Waals surface area contributed by atoms with Gasteiger partial charge in [0.05, 0.1) is 35.9 Å². The van der Waals surface area contributed by atoms with Crippen LogP contribution in [0.15, 0.2) is 42.5 Å². The van der Waals surface area contributed by atoms with Crippen molar-refractivity contribution in [3.63, 3.8) is 0 Å². The van der Waals surface area contributed by atoms with E-state index < -0.39 is 18.0 Å². The predicted molar refractivity (Wildman–Crippen MR) is 136 cm³/mol. The van der Waals surface area contributed by atoms with Gasteiger partial charge in [0.15, 0.2) is 0 Å². The van der Waals surface area contributed by atoms with Gasteiger partial charge in [-0.15, -0.1) is 0 Å². The monoisotopic (exact) mass is 491 g/mol. The molecule has 3 aromatic rings. The Labute approximate surface area is 210 Å². The summed E-state index contributed by atoms with van der Waals surface area (Å²) >= 11 is 0. The third kappa shape index (κ3) is 4.34. The Balaban J connectivity index is 1.65. The number of rotatable bonds is 5. The molecule has 0 unspecified atom stereocenters. The third-order valence-electron chi connectivity index (χ3n) is 7.82. The summed E-state index contributed by atoms with van der Waals surface area (Å²) in [6, 6.07) is 13.4. The van der Waals surface area contributed by atoms with Crippen molar-refractivity contribution in [2.24, 2.45) is 0 Å². The van der Waals surface area contributed by atoms with Gasteiger partial charge in [-0.25, -0.2) is 9.78 Å². The molecule has 8 heteroatoms. The molecule has 2 atom stereocenters. The Bertz CT molecular complexity index is 1260. The Morgan fingerprint density at radius 3 is 2.47 bits per heavy atom. The first kappa shape index (κ1) is 24.3. The summed E-state index contributed by atoms with van der Waals surface area (Å²) in [4.78, 5) is 31.7. The maximum Gasteiger partial charge on any atom is 0.414 e. The van der Waals surface area contributed by atoms with Gasteiger partial charge in [0.2, 0.25) is 0 Å². The van der Waals surface area contributed by atoms with Crippen molar-refractivity contribution in [3.8, 4) is 0 Å². The lowest BCUT2D eigenvalue weighted by Crippen LogP contribution is -2.42. The molecule has 8 nitrogen and oxygen atoms in total. The van der Waals surface area contributed by atoms with Crippen molar-refractivity contribution in [2.45, 2.75) is 76.0 Å². The molecule has 1 amide bonds. The highest BCUT2D eigenvalue weighted by Crippen LogP contribution is 2.40. The Kier molecular flexibility index (Phi) is 6.71. The Morgan fingerprint density at radius 2 is 1.81 bits per heavy atom. The van der Waals surface area contributed by atoms with Crippen LogP contribution < -0.4 is 4.90 Å². The molecule has 1 aliphatic heterocycles. The van der Waals surface area contributed by atoms with E-state index in [-0.39, 0.29) is 24.6 Å². The number of nitrogens with zero attached hydrogens (tertiary/aromatic N) is 3. The first-order chi connectivity index (χ1) is 17.4. The molecule has 0 bridgehead atoms. The van der Waals surface area contributed by atoms with Crippen molar-refractivity contribution < 1.29 is 24.5 Å². The number of aliphatic hydroxyl groups is 1. The molecule has 1 aliphatic carbocycles. The van der Waals surface area contributed by atoms with Crippen LogP contribution in [0.2, 0.25) is 0 Å². The van der Waals surface area contributed by atoms with Crippen LogP contribution in [0.5, 0.6) is 0 Å². The van der Waals surface area contributed by atoms with E-state index in [0.717, 1.165) is 59.4 Å². The minimum atomic E-state index is -0.883. The second kappa shape index (κ2) is 9.93. The van der Waals surface area contributed by atoms with Gasteiger partial charge in [-0.2, -0.15) is 0 Å². The van der Waals surface area contributed by atoms with Crippen LogP contribution in [0, 0.1) is 0 Å². The number of fused-ring (bicyclic) bond motifs is 3. The number of hydrogen-bond donors (Lipinski definition) is 2. The summed E-state index contributed by atoms with van der Waals surface area (Å²) < 4.78 is 7.27. The molecule has 0 spiro atoms. The summed E-state index contributed by atoms with van der Waals surface area (Å²) in [6.45, 7) is 2.01. The van der Waals surface area contributed by atoms with Gasteiger partial charge < -0.3 is 19.5 Å². The quantitative estimate of drug-likeness (QED) is 0.530. The highest BCUT2D eigenvalue weighted by molar-refractivity contribution is 5.95. The van der Waals surface area contributed by atoms with Crippen molar-refractivity contribution in [2.75, 3.05) is 12.0 Å². The van der Waals surface area contributed by atoms with Crippen LogP contribution in [0.25, 0.3) is 11.0 Å². The molecular formula is C28H33N3O5. The number of anilines is 1. The number of aryl methyl sites for hydroxylation is 1. The molecule has 36 heavy (non-hydrogen) atoms. The fourth-order valence-electron chi connectivity index (χ4n) is 5.91. The second-order valence-corrected chi connectivity index (χ2v) is 10.0. The zero-order chi connectivity index (χ0) is 25.4. The number of imidazole rings is 1. The van der Waals surface area contributed by atoms with E-state index in [0.29, 0.717) is 12.8 Å². The topological polar surface area (TPSA) is 105 Å². The number of aliphatic carboxylic acids is 1. The van der Waals surface area contributed by atoms with Gasteiger partial charge >= 0.3 is 12.1 Å². The normalized spacial score (nSPS) is 22.8. The van der Waals surface area contributed by atoms with Crippen LogP contribution in [-0.2, 0) is 22.4 Å². The van der Waals surface area contributed by atoms with E-state index >= 15 is 0 Å². The number of carbonyl (C=O) groups excluding carboxylic acids is 1. The number of aliphatic hydroxyl groups excluding tert-OH is 1. The van der Waals surface area contributed by atoms with Crippen LogP contribution in [0.3, 0.4) is 0 Å². The van der Waals surface area contributed by atoms with Gasteiger partial charge in [0, 0.05) is 24.1 Å². The summed E-state index contributed by atoms with van der Waals surface area (Å²) in [5.74, 6) is -0.871. The molecule has 0 saturated heterocycles. The minimum absolute atomic E-state index is 0.0123. The highest BCUT2D eigenvalue weighted by Gasteiger charge is 2.34. The number of carboxylic acid groups (broad SMARTS) is 1. The standard InChI is InChI=1S/C28H33N3O5/c1-17-8-13-21-23(30(17)28(35)36-2)14-15-24-26(21)29-25(31(24)19-9-11-20(32)12-10-19)16-22(27(33)34)18-6-4-3-5-7-18/h3-7,14-15,17,19-20,22,32H,8-13,16H2,1-2H3,(H,33,34)/t17-,19?,20?,22-/m0/s1. The van der Waals surface area contributed by atoms with Crippen molar-refractivity contribution in [1.29, 1.82) is 0 Å². The number of methoxy groups -OCH3 is 1. The molecule has 2 heterocycles. The molecular weight excluding hydrogens is 458 g/mol. The zero-order valence-electron chi connectivity index (χ0n) is 20.8. The lowest BCUT2D eigenvalue weighted by atomic mass is 9.91. The van der Waals surface area contributed by atoms with Gasteiger partial charge in [0.25, 0.3) is 0 Å². The van der Waals surface area contributed by atoms with Crippen molar-refractivity contribution >= 4 is 28.8 Å². The first-order valence-corrected chi connectivity index (χ1v) is 12.7. The average molecular weight is 492 g/mol. The maximum absolute atomic E-state index is 12.6. The number of ether oxygens (including phenoxy) is 1. The average Bonchev–Trinajstić information content (AvgIpc) is 3.26. The van der Waals surface area contributed by atoms with Crippen LogP contribution in [0.4, 0.5) is 10.5 Å². The molecule has 2 aromatic carbocycles. The molecule has 2 N–H and O–H groups in total. The van der Waals surface area contributed by atoms with Crippen LogP contribution in [0.1, 0.15) is 67.9 Å². The number of aromatic nitrogens is 2. The fraction of sp³-hybridized carbons (Fsp3) is 0.464. The van der Waals surface area contributed by atoms with E-state index in [2.05, 4.69) is 4.57 Å². The highest BCUT2D eigenvalue weighted by atomic mass is 16.5. The van der Waals surface area contributed by atoms with E-state index in [4.69, 9.17) is 9.72 Å². The number of benzene rings is 2. The van der Waals surface area contributed by atoms with Crippen molar-refractivity contribution in [1.82, 2.24) is 9.55 Å². The SMILES string of the molecule is COC(=O)N1c2ccc3c(nc(C[C@H](C(=O)O)c4ccccc4)n3C3CCC(O)CC3)c2CC[C@@H]1C. The van der Waals surface area contributed by atoms with Gasteiger partial charge in [-0.3, -0.25) is 9.69 Å². The lowest BCUT2D eigenvalue weighted by Gasteiger charge is -2.34. The number of hydrogen-bond acceptors (Lipinski definition) is 5. The summed E-state index contributed by atoms with van der Waals surface area (Å²) in [7, 11) is 1.39. The van der Waals surface area contributed by atoms with E-state index in [1.165, 1.54) is 7.11 Å². The Morgan fingerprint density at radius 1 is 1.08 bits per heavy atom. The van der Waals surface area contributed by atoms with E-state index in [9.17, 15) is 19.8 Å². The summed E-state index contributed by atoms with van der Waals surface area (Å²) in [5.41, 5.74) is 4.34. The number of carboxylic acids is 1. The third-order valence-corrected chi connectivity index (χ3v) is 7.82. The Hall–Kier alpha value is -3.39. The zero-order valence-corrected chi connectivity index (χ0v) is 20.8. The molecule has 0 radical (unpaired) electrons. The predicted octanol–water partition coefficient (Wildman–Crippen LogP) is 4.83. The molecule has 1 aromatic heterocycles. The summed E-state index contributed by atoms with van der Waals surface area (Å²) in [5, 5.41) is 20.2. The second-order valence-electron chi connectivity index (χ2n) is 10.0. The number of amides is 1. The first-order valence-electron chi connectivity index (χ1n) is 12.7. The lowest BCUT2D eigenvalue weighted by molar-refractivity contribution is -0.138. The minimum Gasteiger partial charge on any atom is -0.481 e. The van der Waals surface area contributed by atoms with E-state index in [1.807, 2.05) is 49.4 Å². The molecule has 5 rings (SSSR count). The molecule has 1 fully saturated rings. The number of carbonyl (C=O) groups is 2. The summed E-state index contributed by atoms with van der Waals surface area (Å²) in [6.07, 6.45) is 4.20. The molecule has 1 saturated carbocycles. The molecule has 190 valence electrons. The maximum atomic E-state index is 12.6. The van der Waals surface area contributed by atoms with Gasteiger partial charge in [-0.05, 0) is 63.1 Å². The van der Waals surface area contributed by atoms with Gasteiger partial charge in [0.1, 0.15) is 5.82 Å². The largest absolute Gasteiger partial charge is 0.481 e. The van der Waals surface area contributed by atoms with Crippen LogP contribution >= 0.6 is 0 Å². The fourth-order valence-corrected chi connectivity index (χ4v) is 5.91.